The molecular formula is C13H25NO2. The second kappa shape index (κ2) is 6.24. The molecule has 3 heteroatoms. The summed E-state index contributed by atoms with van der Waals surface area (Å²) >= 11 is 0. The van der Waals surface area contributed by atoms with Crippen LogP contribution in [0.15, 0.2) is 0 Å². The van der Waals surface area contributed by atoms with Crippen LogP contribution in [0.5, 0.6) is 0 Å². The standard InChI is InChI=1S/C13H25NO2/c1-4-13(5-2,11-12(15)16-6-3)14-9-7-8-10-14/h4-11H2,1-3H3. The van der Waals surface area contributed by atoms with E-state index in [0.717, 1.165) is 25.9 Å². The third-order valence-electron chi connectivity index (χ3n) is 3.87. The van der Waals surface area contributed by atoms with Crippen molar-refractivity contribution >= 4 is 5.97 Å². The van der Waals surface area contributed by atoms with Gasteiger partial charge in [-0.1, -0.05) is 13.8 Å². The molecule has 0 amide bonds. The predicted molar refractivity (Wildman–Crippen MR) is 65.4 cm³/mol. The molecule has 0 spiro atoms. The molecule has 0 unspecified atom stereocenters. The maximum atomic E-state index is 11.7. The third-order valence-corrected chi connectivity index (χ3v) is 3.87. The van der Waals surface area contributed by atoms with E-state index in [-0.39, 0.29) is 11.5 Å². The Balaban J connectivity index is 2.66. The average molecular weight is 227 g/mol. The summed E-state index contributed by atoms with van der Waals surface area (Å²) in [6.45, 7) is 9.00. The monoisotopic (exact) mass is 227 g/mol. The highest BCUT2D eigenvalue weighted by molar-refractivity contribution is 5.70. The van der Waals surface area contributed by atoms with Gasteiger partial charge in [0.25, 0.3) is 0 Å². The highest BCUT2D eigenvalue weighted by Gasteiger charge is 2.37. The van der Waals surface area contributed by atoms with Crippen molar-refractivity contribution < 1.29 is 9.53 Å². The normalized spacial score (nSPS) is 17.7. The summed E-state index contributed by atoms with van der Waals surface area (Å²) in [7, 11) is 0. The predicted octanol–water partition coefficient (Wildman–Crippen LogP) is 2.59. The van der Waals surface area contributed by atoms with Crippen molar-refractivity contribution in [1.29, 1.82) is 0 Å². The molecule has 0 aromatic rings. The van der Waals surface area contributed by atoms with E-state index in [1.165, 1.54) is 12.8 Å². The van der Waals surface area contributed by atoms with Crippen LogP contribution >= 0.6 is 0 Å². The van der Waals surface area contributed by atoms with Crippen LogP contribution in [0.4, 0.5) is 0 Å². The summed E-state index contributed by atoms with van der Waals surface area (Å²) in [6, 6.07) is 0. The van der Waals surface area contributed by atoms with E-state index >= 15 is 0 Å². The van der Waals surface area contributed by atoms with Gasteiger partial charge in [-0.15, -0.1) is 0 Å². The quantitative estimate of drug-likeness (QED) is 0.653. The second-order valence-corrected chi connectivity index (χ2v) is 4.61. The number of hydrogen-bond acceptors (Lipinski definition) is 3. The van der Waals surface area contributed by atoms with Crippen LogP contribution in [0.25, 0.3) is 0 Å². The molecule has 1 aliphatic rings. The van der Waals surface area contributed by atoms with Crippen molar-refractivity contribution in [3.63, 3.8) is 0 Å². The first-order valence-corrected chi connectivity index (χ1v) is 6.59. The van der Waals surface area contributed by atoms with Crippen molar-refractivity contribution in [3.8, 4) is 0 Å². The first-order chi connectivity index (χ1) is 7.68. The number of carbonyl (C=O) groups is 1. The van der Waals surface area contributed by atoms with Crippen LogP contribution in [0.3, 0.4) is 0 Å². The van der Waals surface area contributed by atoms with Crippen molar-refractivity contribution in [2.24, 2.45) is 0 Å². The van der Waals surface area contributed by atoms with Crippen LogP contribution in [0, 0.1) is 0 Å². The van der Waals surface area contributed by atoms with Crippen LogP contribution in [-0.2, 0) is 9.53 Å². The van der Waals surface area contributed by atoms with Gasteiger partial charge in [-0.3, -0.25) is 9.69 Å². The zero-order valence-electron chi connectivity index (χ0n) is 10.9. The van der Waals surface area contributed by atoms with E-state index in [4.69, 9.17) is 4.74 Å². The summed E-state index contributed by atoms with van der Waals surface area (Å²) in [6.07, 6.45) is 5.15. The topological polar surface area (TPSA) is 29.5 Å². The van der Waals surface area contributed by atoms with Crippen molar-refractivity contribution in [2.75, 3.05) is 19.7 Å². The van der Waals surface area contributed by atoms with Gasteiger partial charge in [0.15, 0.2) is 0 Å². The Hall–Kier alpha value is -0.570. The first-order valence-electron chi connectivity index (χ1n) is 6.59. The molecule has 0 aromatic carbocycles. The minimum Gasteiger partial charge on any atom is -0.466 e. The molecule has 1 aliphatic heterocycles. The lowest BCUT2D eigenvalue weighted by molar-refractivity contribution is -0.146. The molecule has 0 atom stereocenters. The van der Waals surface area contributed by atoms with Crippen LogP contribution < -0.4 is 0 Å². The lowest BCUT2D eigenvalue weighted by Crippen LogP contribution is -2.48. The molecule has 1 heterocycles. The van der Waals surface area contributed by atoms with E-state index in [1.807, 2.05) is 6.92 Å². The van der Waals surface area contributed by atoms with E-state index in [1.54, 1.807) is 0 Å². The van der Waals surface area contributed by atoms with Gasteiger partial charge >= 0.3 is 5.97 Å². The number of likely N-dealkylation sites (tertiary alicyclic amines) is 1. The zero-order chi connectivity index (χ0) is 12.0. The Kier molecular flexibility index (Phi) is 5.26. The Labute approximate surface area is 99.1 Å². The van der Waals surface area contributed by atoms with Gasteiger partial charge in [0.05, 0.1) is 13.0 Å². The SMILES string of the molecule is CCOC(=O)CC(CC)(CC)N1CCCC1. The molecule has 0 aromatic heterocycles. The van der Waals surface area contributed by atoms with Crippen molar-refractivity contribution in [2.45, 2.75) is 58.4 Å². The summed E-state index contributed by atoms with van der Waals surface area (Å²) in [5, 5.41) is 0. The Morgan fingerprint density at radius 3 is 2.19 bits per heavy atom. The Morgan fingerprint density at radius 2 is 1.75 bits per heavy atom. The molecular weight excluding hydrogens is 202 g/mol. The fourth-order valence-electron chi connectivity index (χ4n) is 2.73. The van der Waals surface area contributed by atoms with Crippen LogP contribution in [0.1, 0.15) is 52.9 Å². The Bertz CT molecular complexity index is 218. The number of carbonyl (C=O) groups excluding carboxylic acids is 1. The molecule has 0 saturated carbocycles. The molecule has 3 nitrogen and oxygen atoms in total. The van der Waals surface area contributed by atoms with Gasteiger partial charge in [0, 0.05) is 5.54 Å². The number of ether oxygens (including phenoxy) is 1. The minimum atomic E-state index is -0.0434. The fraction of sp³-hybridized carbons (Fsp3) is 0.923. The molecule has 1 saturated heterocycles. The zero-order valence-corrected chi connectivity index (χ0v) is 10.9. The van der Waals surface area contributed by atoms with Gasteiger partial charge in [-0.2, -0.15) is 0 Å². The van der Waals surface area contributed by atoms with Gasteiger partial charge in [-0.05, 0) is 45.7 Å². The van der Waals surface area contributed by atoms with Gasteiger partial charge in [0.2, 0.25) is 0 Å². The molecule has 0 N–H and O–H groups in total. The summed E-state index contributed by atoms with van der Waals surface area (Å²) in [4.78, 5) is 14.2. The highest BCUT2D eigenvalue weighted by Crippen LogP contribution is 2.31. The first kappa shape index (κ1) is 13.5. The molecule has 94 valence electrons. The lowest BCUT2D eigenvalue weighted by Gasteiger charge is -2.40. The molecule has 1 rings (SSSR count). The van der Waals surface area contributed by atoms with E-state index < -0.39 is 0 Å². The molecule has 0 aliphatic carbocycles. The fourth-order valence-corrected chi connectivity index (χ4v) is 2.73. The molecule has 16 heavy (non-hydrogen) atoms. The molecule has 0 bridgehead atoms. The Morgan fingerprint density at radius 1 is 1.19 bits per heavy atom. The summed E-state index contributed by atoms with van der Waals surface area (Å²) in [5.41, 5.74) is 0.0444. The third kappa shape index (κ3) is 2.97. The van der Waals surface area contributed by atoms with E-state index in [0.29, 0.717) is 13.0 Å². The summed E-state index contributed by atoms with van der Waals surface area (Å²) < 4.78 is 5.10. The highest BCUT2D eigenvalue weighted by atomic mass is 16.5. The molecule has 0 radical (unpaired) electrons. The number of esters is 1. The van der Waals surface area contributed by atoms with E-state index in [9.17, 15) is 4.79 Å². The van der Waals surface area contributed by atoms with Crippen LogP contribution in [-0.4, -0.2) is 36.1 Å². The van der Waals surface area contributed by atoms with Gasteiger partial charge in [0.1, 0.15) is 0 Å². The van der Waals surface area contributed by atoms with Gasteiger partial charge in [-0.25, -0.2) is 0 Å². The maximum Gasteiger partial charge on any atom is 0.307 e. The van der Waals surface area contributed by atoms with Crippen molar-refractivity contribution in [3.05, 3.63) is 0 Å². The van der Waals surface area contributed by atoms with Crippen molar-refractivity contribution in [1.82, 2.24) is 4.90 Å². The van der Waals surface area contributed by atoms with Crippen LogP contribution in [0.2, 0.25) is 0 Å². The second-order valence-electron chi connectivity index (χ2n) is 4.61. The smallest absolute Gasteiger partial charge is 0.307 e. The average Bonchev–Trinajstić information content (AvgIpc) is 2.80. The minimum absolute atomic E-state index is 0.0434. The largest absolute Gasteiger partial charge is 0.466 e. The lowest BCUT2D eigenvalue weighted by atomic mass is 9.87. The van der Waals surface area contributed by atoms with E-state index in [2.05, 4.69) is 18.7 Å². The maximum absolute atomic E-state index is 11.7. The number of nitrogens with zero attached hydrogens (tertiary/aromatic N) is 1. The summed E-state index contributed by atoms with van der Waals surface area (Å²) in [5.74, 6) is -0.0434. The number of hydrogen-bond donors (Lipinski definition) is 0. The number of rotatable bonds is 6. The van der Waals surface area contributed by atoms with Gasteiger partial charge < -0.3 is 4.74 Å². The molecule has 1 fully saturated rings.